The Morgan fingerprint density at radius 3 is 2.42 bits per heavy atom. The highest BCUT2D eigenvalue weighted by Gasteiger charge is 2.49. The van der Waals surface area contributed by atoms with Crippen LogP contribution in [0.3, 0.4) is 0 Å². The molecule has 4 aliphatic heterocycles. The number of ether oxygens (including phenoxy) is 1. The van der Waals surface area contributed by atoms with E-state index in [2.05, 4.69) is 72.8 Å². The smallest absolute Gasteiger partial charge is 0.319 e. The molecular weight excluding hydrogens is 692 g/mol. The van der Waals surface area contributed by atoms with Crippen LogP contribution in [0.2, 0.25) is 16.6 Å². The zero-order chi connectivity index (χ0) is 37.4. The zero-order valence-corrected chi connectivity index (χ0v) is 32.6. The second-order valence-electron chi connectivity index (χ2n) is 17.1. The van der Waals surface area contributed by atoms with Crippen molar-refractivity contribution < 1.29 is 23.0 Å². The molecule has 11 heteroatoms. The molecule has 2 bridgehead atoms. The summed E-state index contributed by atoms with van der Waals surface area (Å²) in [5.74, 6) is 3.65. The Hall–Kier alpha value is -3.88. The lowest BCUT2D eigenvalue weighted by molar-refractivity contribution is 0.107. The first-order valence-corrected chi connectivity index (χ1v) is 21.6. The van der Waals surface area contributed by atoms with Crippen molar-refractivity contribution in [2.75, 3.05) is 37.7 Å². The first-order chi connectivity index (χ1) is 25.3. The van der Waals surface area contributed by atoms with Crippen LogP contribution in [-0.4, -0.2) is 77.5 Å². The summed E-state index contributed by atoms with van der Waals surface area (Å²) in [5, 5.41) is 12.3. The normalized spacial score (nSPS) is 24.3. The third-order valence-corrected chi connectivity index (χ3v) is 19.3. The van der Waals surface area contributed by atoms with Crippen molar-refractivity contribution in [3.63, 3.8) is 0 Å². The van der Waals surface area contributed by atoms with E-state index in [9.17, 15) is 9.50 Å². The van der Waals surface area contributed by atoms with Crippen molar-refractivity contribution in [1.82, 2.24) is 19.9 Å². The fraction of sp³-hybridized carbons (Fsp3) is 0.548. The van der Waals surface area contributed by atoms with E-state index in [4.69, 9.17) is 9.72 Å². The SMILES string of the molecule is CC(C)[Si](C#Cc1c(F)ccc2cc(O)cc(-c3ncc4c(N5CC6CC(C6)C5)nc(OC[C@@]56CCCN5C[C@H](F)C6)nc4c3F)c12)(C(C)C)C(C)C. The molecule has 1 N–H and O–H groups in total. The van der Waals surface area contributed by atoms with Crippen LogP contribution >= 0.6 is 0 Å². The third kappa shape index (κ3) is 6.04. The molecule has 6 heterocycles. The van der Waals surface area contributed by atoms with Crippen LogP contribution in [0.15, 0.2) is 30.5 Å². The van der Waals surface area contributed by atoms with E-state index in [0.29, 0.717) is 63.4 Å². The van der Waals surface area contributed by atoms with E-state index >= 15 is 8.78 Å². The van der Waals surface area contributed by atoms with E-state index in [1.165, 1.54) is 25.0 Å². The number of halogens is 3. The predicted octanol–water partition coefficient (Wildman–Crippen LogP) is 9.20. The molecule has 5 fully saturated rings. The van der Waals surface area contributed by atoms with Crippen LogP contribution in [0.25, 0.3) is 32.9 Å². The number of pyridine rings is 1. The van der Waals surface area contributed by atoms with E-state index in [-0.39, 0.29) is 40.7 Å². The zero-order valence-electron chi connectivity index (χ0n) is 31.6. The fourth-order valence-electron chi connectivity index (χ4n) is 10.5. The molecule has 0 amide bonds. The Kier molecular flexibility index (Phi) is 9.16. The summed E-state index contributed by atoms with van der Waals surface area (Å²) in [6.45, 7) is 16.3. The molecule has 4 aromatic rings. The molecule has 4 saturated heterocycles. The average Bonchev–Trinajstić information content (AvgIpc) is 3.63. The molecule has 9 rings (SSSR count). The molecule has 0 radical (unpaired) electrons. The number of nitrogens with zero attached hydrogens (tertiary/aromatic N) is 5. The molecule has 0 spiro atoms. The van der Waals surface area contributed by atoms with Gasteiger partial charge in [-0.05, 0) is 84.3 Å². The minimum Gasteiger partial charge on any atom is -0.508 e. The number of fused-ring (bicyclic) bond motifs is 5. The summed E-state index contributed by atoms with van der Waals surface area (Å²) in [7, 11) is -2.26. The van der Waals surface area contributed by atoms with Gasteiger partial charge in [-0.1, -0.05) is 53.5 Å². The first kappa shape index (κ1) is 36.1. The molecule has 2 aromatic heterocycles. The maximum Gasteiger partial charge on any atom is 0.319 e. The fourth-order valence-corrected chi connectivity index (χ4v) is 15.8. The van der Waals surface area contributed by atoms with Gasteiger partial charge in [-0.15, -0.1) is 5.54 Å². The number of benzene rings is 2. The number of phenols is 1. The van der Waals surface area contributed by atoms with E-state index in [1.807, 2.05) is 0 Å². The number of aromatic hydroxyl groups is 1. The Morgan fingerprint density at radius 1 is 1.00 bits per heavy atom. The standard InChI is InChI=1S/C42H50F3N5O2Si/c1-24(2)53(25(3)4,26(5)6)13-10-32-35(44)9-8-29-16-31(51)17-33(36(29)32)38-37(45)39-34(19-46-38)40(49-20-27-14-28(15-27)21-49)48-41(47-39)52-23-42-11-7-12-50(42)22-30(43)18-42/h8-9,16-17,19,24-28,30,51H,7,11-12,14-15,18,20-23H2,1-6H3/t27?,28?,30-,42+/m1/s1. The van der Waals surface area contributed by atoms with Gasteiger partial charge < -0.3 is 14.7 Å². The number of hydrogen-bond acceptors (Lipinski definition) is 7. The summed E-state index contributed by atoms with van der Waals surface area (Å²) in [6.07, 6.45) is 5.24. The third-order valence-electron chi connectivity index (χ3n) is 13.0. The second kappa shape index (κ2) is 13.5. The minimum atomic E-state index is -2.26. The van der Waals surface area contributed by atoms with Crippen LogP contribution in [0.1, 0.15) is 79.2 Å². The van der Waals surface area contributed by atoms with Gasteiger partial charge >= 0.3 is 6.01 Å². The summed E-state index contributed by atoms with van der Waals surface area (Å²) in [5.41, 5.74) is 4.57. The topological polar surface area (TPSA) is 74.6 Å². The maximum absolute atomic E-state index is 17.3. The summed E-state index contributed by atoms with van der Waals surface area (Å²) < 4.78 is 54.2. The Balaban J connectivity index is 1.28. The number of aromatic nitrogens is 3. The van der Waals surface area contributed by atoms with Gasteiger partial charge in [0.2, 0.25) is 0 Å². The minimum absolute atomic E-state index is 0.0381. The average molecular weight is 742 g/mol. The summed E-state index contributed by atoms with van der Waals surface area (Å²) in [6, 6.07) is 5.96. The predicted molar refractivity (Wildman–Crippen MR) is 207 cm³/mol. The Bertz CT molecular complexity index is 2110. The molecule has 53 heavy (non-hydrogen) atoms. The molecule has 0 unspecified atom stereocenters. The summed E-state index contributed by atoms with van der Waals surface area (Å²) in [4.78, 5) is 18.5. The van der Waals surface area contributed by atoms with E-state index < -0.39 is 31.4 Å². The van der Waals surface area contributed by atoms with Crippen molar-refractivity contribution >= 4 is 35.6 Å². The van der Waals surface area contributed by atoms with Crippen LogP contribution < -0.4 is 9.64 Å². The Labute approximate surface area is 311 Å². The molecule has 5 aliphatic rings. The van der Waals surface area contributed by atoms with Crippen molar-refractivity contribution in [3.8, 4) is 34.5 Å². The van der Waals surface area contributed by atoms with Crippen molar-refractivity contribution in [1.29, 1.82) is 0 Å². The van der Waals surface area contributed by atoms with Crippen molar-refractivity contribution in [2.45, 2.75) is 102 Å². The maximum atomic E-state index is 17.3. The molecule has 2 aromatic carbocycles. The molecule has 1 aliphatic carbocycles. The Morgan fingerprint density at radius 2 is 1.72 bits per heavy atom. The number of alkyl halides is 1. The molecule has 2 atom stereocenters. The van der Waals surface area contributed by atoms with Gasteiger partial charge in [0.15, 0.2) is 5.82 Å². The van der Waals surface area contributed by atoms with E-state index in [0.717, 1.165) is 32.5 Å². The first-order valence-electron chi connectivity index (χ1n) is 19.4. The number of hydrogen-bond donors (Lipinski definition) is 1. The number of anilines is 1. The molecular formula is C42H50F3N5O2Si. The molecule has 280 valence electrons. The van der Waals surface area contributed by atoms with Crippen LogP contribution in [0, 0.1) is 34.9 Å². The van der Waals surface area contributed by atoms with Crippen molar-refractivity contribution in [2.24, 2.45) is 11.8 Å². The van der Waals surface area contributed by atoms with Crippen LogP contribution in [-0.2, 0) is 0 Å². The molecule has 1 saturated carbocycles. The van der Waals surface area contributed by atoms with Crippen LogP contribution in [0.5, 0.6) is 11.8 Å². The van der Waals surface area contributed by atoms with E-state index in [1.54, 1.807) is 18.3 Å². The number of piperidine rings is 2. The van der Waals surface area contributed by atoms with Gasteiger partial charge in [-0.25, -0.2) is 13.2 Å². The monoisotopic (exact) mass is 741 g/mol. The lowest BCUT2D eigenvalue weighted by Crippen LogP contribution is -2.49. The summed E-state index contributed by atoms with van der Waals surface area (Å²) >= 11 is 0. The van der Waals surface area contributed by atoms with Crippen molar-refractivity contribution in [3.05, 3.63) is 47.7 Å². The molecule has 7 nitrogen and oxygen atoms in total. The lowest BCUT2D eigenvalue weighted by atomic mass is 9.71. The highest BCUT2D eigenvalue weighted by atomic mass is 28.3. The van der Waals surface area contributed by atoms with Gasteiger partial charge in [0.05, 0.1) is 16.5 Å². The van der Waals surface area contributed by atoms with Gasteiger partial charge in [0.25, 0.3) is 0 Å². The van der Waals surface area contributed by atoms with Gasteiger partial charge in [-0.2, -0.15) is 9.97 Å². The van der Waals surface area contributed by atoms with Crippen LogP contribution in [0.4, 0.5) is 19.0 Å². The highest BCUT2D eigenvalue weighted by Crippen LogP contribution is 2.45. The number of phenolic OH excluding ortho intramolecular Hbond substituents is 1. The highest BCUT2D eigenvalue weighted by molar-refractivity contribution is 6.90. The lowest BCUT2D eigenvalue weighted by Gasteiger charge is -2.47. The van der Waals surface area contributed by atoms with Gasteiger partial charge in [0.1, 0.15) is 49.4 Å². The van der Waals surface area contributed by atoms with Gasteiger partial charge in [0, 0.05) is 43.2 Å². The largest absolute Gasteiger partial charge is 0.508 e. The van der Waals surface area contributed by atoms with Gasteiger partial charge in [-0.3, -0.25) is 9.88 Å². The quantitative estimate of drug-likeness (QED) is 0.143. The second-order valence-corrected chi connectivity index (χ2v) is 22.7. The number of rotatable bonds is 8.